The van der Waals surface area contributed by atoms with Crippen molar-refractivity contribution in [1.82, 2.24) is 19.7 Å². The molecule has 0 radical (unpaired) electrons. The third kappa shape index (κ3) is 2.06. The lowest BCUT2D eigenvalue weighted by atomic mass is 9.85. The van der Waals surface area contributed by atoms with Gasteiger partial charge in [-0.1, -0.05) is 20.3 Å². The third-order valence-electron chi connectivity index (χ3n) is 4.52. The van der Waals surface area contributed by atoms with Gasteiger partial charge in [-0.05, 0) is 37.0 Å². The smallest absolute Gasteiger partial charge is 0.116 e. The monoisotopic (exact) mass is 280 g/mol. The summed E-state index contributed by atoms with van der Waals surface area (Å²) in [4.78, 5) is 4.92. The average Bonchev–Trinajstić information content (AvgIpc) is 3.01. The van der Waals surface area contributed by atoms with Gasteiger partial charge in [0.2, 0.25) is 0 Å². The molecule has 0 atom stereocenters. The van der Waals surface area contributed by atoms with Crippen LogP contribution in [-0.4, -0.2) is 19.7 Å². The van der Waals surface area contributed by atoms with Crippen molar-refractivity contribution in [2.45, 2.75) is 44.9 Å². The van der Waals surface area contributed by atoms with Crippen LogP contribution in [0.1, 0.15) is 56.5 Å². The van der Waals surface area contributed by atoms with Crippen molar-refractivity contribution >= 4 is 10.9 Å². The van der Waals surface area contributed by atoms with Gasteiger partial charge >= 0.3 is 0 Å². The first-order valence-corrected chi connectivity index (χ1v) is 7.75. The molecule has 1 saturated carbocycles. The van der Waals surface area contributed by atoms with Crippen LogP contribution in [0.15, 0.2) is 30.6 Å². The summed E-state index contributed by atoms with van der Waals surface area (Å²) in [6, 6.07) is 6.43. The van der Waals surface area contributed by atoms with E-state index in [1.165, 1.54) is 36.5 Å². The fraction of sp³-hybridized carbons (Fsp3) is 0.412. The predicted molar refractivity (Wildman–Crippen MR) is 83.9 cm³/mol. The summed E-state index contributed by atoms with van der Waals surface area (Å²) in [7, 11) is 0. The fourth-order valence-electron chi connectivity index (χ4n) is 2.93. The van der Waals surface area contributed by atoms with Gasteiger partial charge in [-0.2, -0.15) is 5.10 Å². The maximum absolute atomic E-state index is 4.92. The lowest BCUT2D eigenvalue weighted by Gasteiger charge is -2.25. The Bertz CT molecular complexity index is 777. The van der Waals surface area contributed by atoms with Crippen LogP contribution in [0.2, 0.25) is 0 Å². The van der Waals surface area contributed by atoms with E-state index in [2.05, 4.69) is 53.0 Å². The molecule has 0 aliphatic heterocycles. The van der Waals surface area contributed by atoms with Crippen LogP contribution in [-0.2, 0) is 0 Å². The van der Waals surface area contributed by atoms with E-state index in [0.717, 1.165) is 10.9 Å². The number of hydrogen-bond donors (Lipinski definition) is 1. The third-order valence-corrected chi connectivity index (χ3v) is 4.52. The van der Waals surface area contributed by atoms with E-state index in [0.29, 0.717) is 11.8 Å². The second-order valence-corrected chi connectivity index (χ2v) is 6.32. The summed E-state index contributed by atoms with van der Waals surface area (Å²) in [5.41, 5.74) is 3.45. The zero-order valence-electron chi connectivity index (χ0n) is 12.5. The van der Waals surface area contributed by atoms with Crippen molar-refractivity contribution < 1.29 is 0 Å². The van der Waals surface area contributed by atoms with Crippen molar-refractivity contribution in [3.8, 4) is 5.69 Å². The molecule has 4 nitrogen and oxygen atoms in total. The first kappa shape index (κ1) is 12.6. The van der Waals surface area contributed by atoms with E-state index in [1.807, 2.05) is 6.20 Å². The molecule has 2 aromatic heterocycles. The first-order chi connectivity index (χ1) is 10.2. The molecule has 3 aromatic rings. The SMILES string of the molecule is CC(C)c1cn(-c2ccc3[nH]ncc3c2)c(C2CCC2)n1. The van der Waals surface area contributed by atoms with Gasteiger partial charge in [0.05, 0.1) is 17.4 Å². The van der Waals surface area contributed by atoms with Gasteiger partial charge in [-0.15, -0.1) is 0 Å². The Morgan fingerprint density at radius 3 is 2.86 bits per heavy atom. The van der Waals surface area contributed by atoms with Gasteiger partial charge in [0.1, 0.15) is 5.82 Å². The number of aromatic nitrogens is 4. The Hall–Kier alpha value is -2.10. The molecule has 0 bridgehead atoms. The average molecular weight is 280 g/mol. The Morgan fingerprint density at radius 2 is 2.14 bits per heavy atom. The summed E-state index contributed by atoms with van der Waals surface area (Å²) in [5, 5.41) is 8.26. The molecule has 1 aliphatic carbocycles. The van der Waals surface area contributed by atoms with Crippen LogP contribution in [0.4, 0.5) is 0 Å². The van der Waals surface area contributed by atoms with Gasteiger partial charge in [0.15, 0.2) is 0 Å². The zero-order chi connectivity index (χ0) is 14.4. The number of imidazole rings is 1. The minimum absolute atomic E-state index is 0.461. The highest BCUT2D eigenvalue weighted by Crippen LogP contribution is 2.37. The number of fused-ring (bicyclic) bond motifs is 1. The van der Waals surface area contributed by atoms with Crippen LogP contribution in [0, 0.1) is 0 Å². The summed E-state index contributed by atoms with van der Waals surface area (Å²) in [6.45, 7) is 4.41. The molecular weight excluding hydrogens is 260 g/mol. The van der Waals surface area contributed by atoms with Crippen molar-refractivity contribution in [1.29, 1.82) is 0 Å². The van der Waals surface area contributed by atoms with Crippen LogP contribution in [0.3, 0.4) is 0 Å². The molecule has 1 N–H and O–H groups in total. The highest BCUT2D eigenvalue weighted by atomic mass is 15.1. The Kier molecular flexibility index (Phi) is 2.84. The minimum Gasteiger partial charge on any atom is -0.303 e. The molecule has 1 aromatic carbocycles. The number of nitrogens with zero attached hydrogens (tertiary/aromatic N) is 3. The van der Waals surface area contributed by atoms with E-state index in [-0.39, 0.29) is 0 Å². The molecule has 108 valence electrons. The summed E-state index contributed by atoms with van der Waals surface area (Å²) in [6.07, 6.45) is 7.95. The number of H-pyrrole nitrogens is 1. The van der Waals surface area contributed by atoms with Crippen molar-refractivity contribution in [2.24, 2.45) is 0 Å². The molecule has 1 fully saturated rings. The van der Waals surface area contributed by atoms with Gasteiger partial charge in [-0.25, -0.2) is 4.98 Å². The number of hydrogen-bond acceptors (Lipinski definition) is 2. The van der Waals surface area contributed by atoms with Gasteiger partial charge in [-0.3, -0.25) is 5.10 Å². The van der Waals surface area contributed by atoms with Crippen LogP contribution in [0.5, 0.6) is 0 Å². The first-order valence-electron chi connectivity index (χ1n) is 7.75. The highest BCUT2D eigenvalue weighted by Gasteiger charge is 2.26. The second kappa shape index (κ2) is 4.72. The summed E-state index contributed by atoms with van der Waals surface area (Å²) in [5.74, 6) is 2.31. The van der Waals surface area contributed by atoms with E-state index in [4.69, 9.17) is 4.98 Å². The van der Waals surface area contributed by atoms with Gasteiger partial charge in [0.25, 0.3) is 0 Å². The van der Waals surface area contributed by atoms with E-state index >= 15 is 0 Å². The lowest BCUT2D eigenvalue weighted by Crippen LogP contribution is -2.14. The normalized spacial score (nSPS) is 15.8. The fourth-order valence-corrected chi connectivity index (χ4v) is 2.93. The summed E-state index contributed by atoms with van der Waals surface area (Å²) < 4.78 is 2.28. The number of nitrogens with one attached hydrogen (secondary N) is 1. The predicted octanol–water partition coefficient (Wildman–Crippen LogP) is 4.14. The number of benzene rings is 1. The maximum atomic E-state index is 4.92. The van der Waals surface area contributed by atoms with E-state index in [1.54, 1.807) is 0 Å². The molecule has 0 unspecified atom stereocenters. The van der Waals surface area contributed by atoms with Crippen LogP contribution < -0.4 is 0 Å². The Labute approximate surface area is 124 Å². The standard InChI is InChI=1S/C17H20N4/c1-11(2)16-10-21(17(19-16)12-4-3-5-12)14-6-7-15-13(8-14)9-18-20-15/h6-12H,3-5H2,1-2H3,(H,18,20). The molecule has 2 heterocycles. The number of aromatic amines is 1. The molecule has 0 spiro atoms. The summed E-state index contributed by atoms with van der Waals surface area (Å²) >= 11 is 0. The second-order valence-electron chi connectivity index (χ2n) is 6.32. The van der Waals surface area contributed by atoms with Gasteiger partial charge in [0, 0.05) is 23.2 Å². The molecule has 4 rings (SSSR count). The molecule has 1 aliphatic rings. The van der Waals surface area contributed by atoms with Gasteiger partial charge < -0.3 is 4.57 Å². The van der Waals surface area contributed by atoms with E-state index < -0.39 is 0 Å². The topological polar surface area (TPSA) is 46.5 Å². The van der Waals surface area contributed by atoms with Crippen molar-refractivity contribution in [3.63, 3.8) is 0 Å². The maximum Gasteiger partial charge on any atom is 0.116 e. The largest absolute Gasteiger partial charge is 0.303 e. The van der Waals surface area contributed by atoms with E-state index in [9.17, 15) is 0 Å². The van der Waals surface area contributed by atoms with Crippen molar-refractivity contribution in [3.05, 3.63) is 42.1 Å². The number of rotatable bonds is 3. The molecule has 0 amide bonds. The van der Waals surface area contributed by atoms with Crippen LogP contribution in [0.25, 0.3) is 16.6 Å². The zero-order valence-corrected chi connectivity index (χ0v) is 12.5. The van der Waals surface area contributed by atoms with Crippen LogP contribution >= 0.6 is 0 Å². The van der Waals surface area contributed by atoms with Crippen molar-refractivity contribution in [2.75, 3.05) is 0 Å². The highest BCUT2D eigenvalue weighted by molar-refractivity contribution is 5.80. The lowest BCUT2D eigenvalue weighted by molar-refractivity contribution is 0.397. The Morgan fingerprint density at radius 1 is 1.29 bits per heavy atom. The molecule has 0 saturated heterocycles. The Balaban J connectivity index is 1.84. The molecule has 4 heteroatoms. The molecular formula is C17H20N4. The quantitative estimate of drug-likeness (QED) is 0.783. The minimum atomic E-state index is 0.461. The molecule has 21 heavy (non-hydrogen) atoms.